The van der Waals surface area contributed by atoms with Crippen molar-refractivity contribution in [2.24, 2.45) is 0 Å². The summed E-state index contributed by atoms with van der Waals surface area (Å²) in [5.74, 6) is 0.0135. The molecule has 7 heteroatoms. The SMILES string of the molecule is COc1ccc(/C(O)=C2/C(=O)C(=O)N(Cc3ccccc3OC)C2c2ccc(C(C)C)cc2)c(OC)c1. The number of rotatable bonds is 8. The van der Waals surface area contributed by atoms with Gasteiger partial charge in [0, 0.05) is 11.6 Å². The number of ether oxygens (including phenoxy) is 3. The van der Waals surface area contributed by atoms with Crippen molar-refractivity contribution in [1.82, 2.24) is 4.90 Å². The Morgan fingerprint density at radius 2 is 1.57 bits per heavy atom. The van der Waals surface area contributed by atoms with Gasteiger partial charge in [0.2, 0.25) is 0 Å². The van der Waals surface area contributed by atoms with Gasteiger partial charge < -0.3 is 24.2 Å². The summed E-state index contributed by atoms with van der Waals surface area (Å²) in [6, 6.07) is 19.2. The van der Waals surface area contributed by atoms with E-state index in [-0.39, 0.29) is 17.9 Å². The van der Waals surface area contributed by atoms with E-state index in [0.717, 1.165) is 11.1 Å². The van der Waals surface area contributed by atoms with E-state index in [9.17, 15) is 14.7 Å². The first-order valence-electron chi connectivity index (χ1n) is 12.0. The summed E-state index contributed by atoms with van der Waals surface area (Å²) < 4.78 is 16.2. The van der Waals surface area contributed by atoms with Gasteiger partial charge in [-0.05, 0) is 35.2 Å². The van der Waals surface area contributed by atoms with Crippen molar-refractivity contribution in [1.29, 1.82) is 0 Å². The van der Waals surface area contributed by atoms with Crippen molar-refractivity contribution in [2.45, 2.75) is 32.4 Å². The fraction of sp³-hybridized carbons (Fsp3) is 0.267. The minimum atomic E-state index is -0.807. The van der Waals surface area contributed by atoms with E-state index in [2.05, 4.69) is 13.8 Å². The molecule has 0 saturated carbocycles. The molecule has 1 fully saturated rings. The van der Waals surface area contributed by atoms with Crippen LogP contribution in [-0.2, 0) is 16.1 Å². The standard InChI is InChI=1S/C30H31NO6/c1-18(2)19-10-12-20(13-11-19)27-26(28(32)23-15-14-22(35-3)16-25(23)37-5)29(33)30(34)31(27)17-21-8-6-7-9-24(21)36-4/h6-16,18,27,32H,17H2,1-5H3/b28-26-. The maximum Gasteiger partial charge on any atom is 0.295 e. The first-order chi connectivity index (χ1) is 17.8. The number of para-hydroxylation sites is 1. The number of aliphatic hydroxyl groups excluding tert-OH is 1. The molecule has 1 saturated heterocycles. The zero-order valence-electron chi connectivity index (χ0n) is 21.6. The van der Waals surface area contributed by atoms with Gasteiger partial charge in [-0.3, -0.25) is 9.59 Å². The number of hydrogen-bond donors (Lipinski definition) is 1. The smallest absolute Gasteiger partial charge is 0.295 e. The third-order valence-electron chi connectivity index (χ3n) is 6.66. The summed E-state index contributed by atoms with van der Waals surface area (Å²) in [5.41, 5.74) is 2.88. The van der Waals surface area contributed by atoms with Gasteiger partial charge in [0.05, 0.1) is 45.1 Å². The van der Waals surface area contributed by atoms with Crippen LogP contribution in [0, 0.1) is 0 Å². The Labute approximate surface area is 216 Å². The number of nitrogens with zero attached hydrogens (tertiary/aromatic N) is 1. The molecule has 37 heavy (non-hydrogen) atoms. The van der Waals surface area contributed by atoms with Crippen molar-refractivity contribution in [2.75, 3.05) is 21.3 Å². The quantitative estimate of drug-likeness (QED) is 0.251. The molecule has 0 aromatic heterocycles. The van der Waals surface area contributed by atoms with Gasteiger partial charge in [-0.25, -0.2) is 0 Å². The van der Waals surface area contributed by atoms with Crippen molar-refractivity contribution in [3.8, 4) is 17.2 Å². The van der Waals surface area contributed by atoms with E-state index in [1.165, 1.54) is 19.1 Å². The van der Waals surface area contributed by atoms with Crippen LogP contribution in [0.15, 0.2) is 72.3 Å². The lowest BCUT2D eigenvalue weighted by molar-refractivity contribution is -0.140. The number of carbonyl (C=O) groups excluding carboxylic acids is 2. The molecule has 0 radical (unpaired) electrons. The Morgan fingerprint density at radius 3 is 2.19 bits per heavy atom. The van der Waals surface area contributed by atoms with E-state index in [1.54, 1.807) is 31.4 Å². The molecule has 1 aliphatic rings. The topological polar surface area (TPSA) is 85.3 Å². The lowest BCUT2D eigenvalue weighted by Crippen LogP contribution is -2.29. The van der Waals surface area contributed by atoms with E-state index in [1.807, 2.05) is 42.5 Å². The van der Waals surface area contributed by atoms with Gasteiger partial charge >= 0.3 is 0 Å². The van der Waals surface area contributed by atoms with Crippen LogP contribution in [0.4, 0.5) is 0 Å². The largest absolute Gasteiger partial charge is 0.507 e. The van der Waals surface area contributed by atoms with E-state index < -0.39 is 17.7 Å². The van der Waals surface area contributed by atoms with Crippen LogP contribution in [0.2, 0.25) is 0 Å². The number of methoxy groups -OCH3 is 3. The molecule has 0 bridgehead atoms. The van der Waals surface area contributed by atoms with Gasteiger partial charge in [-0.15, -0.1) is 0 Å². The first kappa shape index (κ1) is 25.8. The number of ketones is 1. The minimum absolute atomic E-state index is 0.000613. The molecule has 4 rings (SSSR count). The summed E-state index contributed by atoms with van der Waals surface area (Å²) in [6.07, 6.45) is 0. The lowest BCUT2D eigenvalue weighted by Gasteiger charge is -2.26. The van der Waals surface area contributed by atoms with Crippen LogP contribution < -0.4 is 14.2 Å². The highest BCUT2D eigenvalue weighted by Gasteiger charge is 2.46. The lowest BCUT2D eigenvalue weighted by atomic mass is 9.93. The zero-order chi connectivity index (χ0) is 26.7. The molecule has 1 N–H and O–H groups in total. The molecule has 192 valence electrons. The molecule has 1 heterocycles. The normalized spacial score (nSPS) is 16.8. The van der Waals surface area contributed by atoms with Gasteiger partial charge in [-0.1, -0.05) is 56.3 Å². The van der Waals surface area contributed by atoms with Gasteiger partial charge in [0.1, 0.15) is 23.0 Å². The Balaban J connectivity index is 1.90. The highest BCUT2D eigenvalue weighted by molar-refractivity contribution is 6.46. The number of likely N-dealkylation sites (tertiary alicyclic amines) is 1. The van der Waals surface area contributed by atoms with E-state index >= 15 is 0 Å². The average Bonchev–Trinajstić information content (AvgIpc) is 3.17. The average molecular weight is 502 g/mol. The molecule has 1 atom stereocenters. The Bertz CT molecular complexity index is 1340. The summed E-state index contributed by atoms with van der Waals surface area (Å²) in [5, 5.41) is 11.5. The van der Waals surface area contributed by atoms with E-state index in [0.29, 0.717) is 34.3 Å². The summed E-state index contributed by atoms with van der Waals surface area (Å²) >= 11 is 0. The highest BCUT2D eigenvalue weighted by atomic mass is 16.5. The van der Waals surface area contributed by atoms with Crippen LogP contribution in [0.25, 0.3) is 5.76 Å². The van der Waals surface area contributed by atoms with Crippen molar-refractivity contribution >= 4 is 17.4 Å². The molecular formula is C30H31NO6. The van der Waals surface area contributed by atoms with Crippen molar-refractivity contribution < 1.29 is 28.9 Å². The Morgan fingerprint density at radius 1 is 0.892 bits per heavy atom. The summed E-state index contributed by atoms with van der Waals surface area (Å²) in [6.45, 7) is 4.32. The third-order valence-corrected chi connectivity index (χ3v) is 6.66. The van der Waals surface area contributed by atoms with E-state index in [4.69, 9.17) is 14.2 Å². The van der Waals surface area contributed by atoms with Gasteiger partial charge in [0.15, 0.2) is 0 Å². The maximum absolute atomic E-state index is 13.5. The Hall–Kier alpha value is -4.26. The van der Waals surface area contributed by atoms with Crippen LogP contribution >= 0.6 is 0 Å². The second-order valence-electron chi connectivity index (χ2n) is 9.13. The number of amides is 1. The van der Waals surface area contributed by atoms with Crippen molar-refractivity contribution in [3.63, 3.8) is 0 Å². The maximum atomic E-state index is 13.5. The van der Waals surface area contributed by atoms with Crippen LogP contribution in [0.1, 0.15) is 48.1 Å². The monoisotopic (exact) mass is 501 g/mol. The first-order valence-corrected chi connectivity index (χ1v) is 12.0. The molecule has 0 aliphatic carbocycles. The predicted octanol–water partition coefficient (Wildman–Crippen LogP) is 5.46. The second kappa shape index (κ2) is 10.8. The molecule has 3 aromatic rings. The number of Topliss-reactive ketones (excluding diaryl/α,β-unsaturated/α-hetero) is 1. The molecule has 1 aliphatic heterocycles. The fourth-order valence-corrected chi connectivity index (χ4v) is 4.61. The van der Waals surface area contributed by atoms with Crippen LogP contribution in [-0.4, -0.2) is 43.0 Å². The third kappa shape index (κ3) is 4.89. The fourth-order valence-electron chi connectivity index (χ4n) is 4.61. The van der Waals surface area contributed by atoms with Crippen LogP contribution in [0.3, 0.4) is 0 Å². The minimum Gasteiger partial charge on any atom is -0.507 e. The molecule has 0 spiro atoms. The molecule has 3 aromatic carbocycles. The molecule has 1 amide bonds. The Kier molecular flexibility index (Phi) is 7.53. The molecule has 1 unspecified atom stereocenters. The van der Waals surface area contributed by atoms with Crippen molar-refractivity contribution in [3.05, 3.63) is 94.6 Å². The molecular weight excluding hydrogens is 470 g/mol. The number of hydrogen-bond acceptors (Lipinski definition) is 6. The predicted molar refractivity (Wildman–Crippen MR) is 141 cm³/mol. The van der Waals surface area contributed by atoms with Gasteiger partial charge in [0.25, 0.3) is 11.7 Å². The van der Waals surface area contributed by atoms with Gasteiger partial charge in [-0.2, -0.15) is 0 Å². The molecule has 7 nitrogen and oxygen atoms in total. The second-order valence-corrected chi connectivity index (χ2v) is 9.13. The summed E-state index contributed by atoms with van der Waals surface area (Å²) in [7, 11) is 4.55. The number of aliphatic hydroxyl groups is 1. The summed E-state index contributed by atoms with van der Waals surface area (Å²) in [4.78, 5) is 28.3. The van der Waals surface area contributed by atoms with Crippen LogP contribution in [0.5, 0.6) is 17.2 Å². The highest BCUT2D eigenvalue weighted by Crippen LogP contribution is 2.43. The number of benzene rings is 3. The zero-order valence-corrected chi connectivity index (χ0v) is 21.6. The number of carbonyl (C=O) groups is 2.